The molecule has 0 bridgehead atoms. The molecular formula is C21H31N3O3. The van der Waals surface area contributed by atoms with Crippen molar-refractivity contribution in [2.24, 2.45) is 5.92 Å². The molecular weight excluding hydrogens is 342 g/mol. The Morgan fingerprint density at radius 3 is 2.74 bits per heavy atom. The van der Waals surface area contributed by atoms with Crippen LogP contribution in [0.1, 0.15) is 56.3 Å². The molecule has 2 heterocycles. The van der Waals surface area contributed by atoms with E-state index in [4.69, 9.17) is 4.74 Å². The fraction of sp³-hybridized carbons (Fsp3) is 0.619. The predicted octanol–water partition coefficient (Wildman–Crippen LogP) is 3.04. The van der Waals surface area contributed by atoms with Crippen LogP contribution in [0.2, 0.25) is 0 Å². The van der Waals surface area contributed by atoms with Crippen LogP contribution in [0.4, 0.5) is 5.69 Å². The summed E-state index contributed by atoms with van der Waals surface area (Å²) < 4.78 is 5.67. The lowest BCUT2D eigenvalue weighted by atomic mass is 9.92. The Kier molecular flexibility index (Phi) is 6.72. The molecule has 148 valence electrons. The van der Waals surface area contributed by atoms with Crippen LogP contribution < -0.4 is 15.4 Å². The third-order valence-corrected chi connectivity index (χ3v) is 5.42. The van der Waals surface area contributed by atoms with Crippen LogP contribution in [-0.2, 0) is 4.79 Å². The van der Waals surface area contributed by atoms with Crippen LogP contribution in [0.5, 0.6) is 5.75 Å². The zero-order valence-corrected chi connectivity index (χ0v) is 16.4. The van der Waals surface area contributed by atoms with Gasteiger partial charge in [-0.05, 0) is 70.7 Å². The van der Waals surface area contributed by atoms with Crippen molar-refractivity contribution in [2.45, 2.75) is 52.0 Å². The van der Waals surface area contributed by atoms with Gasteiger partial charge in [0.25, 0.3) is 5.91 Å². The molecule has 2 fully saturated rings. The number of rotatable bonds is 5. The number of nitrogens with one attached hydrogen (secondary N) is 2. The minimum Gasteiger partial charge on any atom is -0.492 e. The van der Waals surface area contributed by atoms with E-state index in [-0.39, 0.29) is 17.7 Å². The predicted molar refractivity (Wildman–Crippen MR) is 106 cm³/mol. The Morgan fingerprint density at radius 1 is 1.26 bits per heavy atom. The monoisotopic (exact) mass is 373 g/mol. The molecule has 0 aliphatic carbocycles. The van der Waals surface area contributed by atoms with Crippen molar-refractivity contribution in [3.63, 3.8) is 0 Å². The van der Waals surface area contributed by atoms with Gasteiger partial charge in [-0.3, -0.25) is 9.59 Å². The lowest BCUT2D eigenvalue weighted by Gasteiger charge is -2.28. The Bertz CT molecular complexity index is 671. The van der Waals surface area contributed by atoms with Gasteiger partial charge in [-0.15, -0.1) is 0 Å². The topological polar surface area (TPSA) is 70.7 Å². The van der Waals surface area contributed by atoms with Crippen LogP contribution in [-0.4, -0.2) is 49.0 Å². The third-order valence-electron chi connectivity index (χ3n) is 5.42. The normalized spacial score (nSPS) is 23.0. The van der Waals surface area contributed by atoms with Crippen molar-refractivity contribution < 1.29 is 14.3 Å². The molecule has 1 aromatic carbocycles. The molecule has 6 nitrogen and oxygen atoms in total. The summed E-state index contributed by atoms with van der Waals surface area (Å²) in [5.74, 6) is 0.635. The van der Waals surface area contributed by atoms with Crippen LogP contribution in [0, 0.1) is 5.92 Å². The Balaban J connectivity index is 1.76. The fourth-order valence-corrected chi connectivity index (χ4v) is 3.93. The van der Waals surface area contributed by atoms with Crippen LogP contribution in [0.25, 0.3) is 0 Å². The third kappa shape index (κ3) is 5.01. The van der Waals surface area contributed by atoms with Gasteiger partial charge in [0, 0.05) is 30.6 Å². The second-order valence-electron chi connectivity index (χ2n) is 7.56. The number of likely N-dealkylation sites (tertiary alicyclic amines) is 1. The van der Waals surface area contributed by atoms with E-state index in [0.717, 1.165) is 45.3 Å². The maximum atomic E-state index is 12.8. The first-order valence-corrected chi connectivity index (χ1v) is 10.2. The molecule has 2 saturated heterocycles. The van der Waals surface area contributed by atoms with Crippen molar-refractivity contribution in [2.75, 3.05) is 31.6 Å². The zero-order chi connectivity index (χ0) is 19.2. The van der Waals surface area contributed by atoms with E-state index in [1.54, 1.807) is 18.2 Å². The van der Waals surface area contributed by atoms with Crippen LogP contribution in [0.3, 0.4) is 0 Å². The number of carbonyl (C=O) groups is 2. The highest BCUT2D eigenvalue weighted by atomic mass is 16.5. The molecule has 3 rings (SSSR count). The molecule has 2 N–H and O–H groups in total. The molecule has 0 saturated carbocycles. The molecule has 0 radical (unpaired) electrons. The van der Waals surface area contributed by atoms with E-state index in [9.17, 15) is 9.59 Å². The SMILES string of the molecule is CCOc1ccc(C(=O)N2CCCCC2)cc1NC(=O)[C@H]1CCN[C@@H](C)C1. The molecule has 2 atom stereocenters. The van der Waals surface area contributed by atoms with E-state index in [2.05, 4.69) is 17.6 Å². The summed E-state index contributed by atoms with van der Waals surface area (Å²) in [6.45, 7) is 6.98. The van der Waals surface area contributed by atoms with Crippen molar-refractivity contribution in [3.05, 3.63) is 23.8 Å². The molecule has 2 amide bonds. The summed E-state index contributed by atoms with van der Waals surface area (Å²) in [6.07, 6.45) is 4.94. The lowest BCUT2D eigenvalue weighted by molar-refractivity contribution is -0.120. The van der Waals surface area contributed by atoms with Gasteiger partial charge in [-0.25, -0.2) is 0 Å². The van der Waals surface area contributed by atoms with Gasteiger partial charge in [-0.2, -0.15) is 0 Å². The summed E-state index contributed by atoms with van der Waals surface area (Å²) >= 11 is 0. The van der Waals surface area contributed by atoms with E-state index in [0.29, 0.717) is 29.6 Å². The average Bonchev–Trinajstić information content (AvgIpc) is 2.69. The zero-order valence-electron chi connectivity index (χ0n) is 16.4. The first-order valence-electron chi connectivity index (χ1n) is 10.2. The van der Waals surface area contributed by atoms with E-state index < -0.39 is 0 Å². The number of amides is 2. The lowest BCUT2D eigenvalue weighted by Crippen LogP contribution is -2.40. The molecule has 2 aliphatic heterocycles. The minimum absolute atomic E-state index is 0.00637. The van der Waals surface area contributed by atoms with Gasteiger partial charge in [0.05, 0.1) is 12.3 Å². The van der Waals surface area contributed by atoms with Crippen molar-refractivity contribution >= 4 is 17.5 Å². The standard InChI is InChI=1S/C21H31N3O3/c1-3-27-19-8-7-17(21(26)24-11-5-4-6-12-24)14-18(19)23-20(25)16-9-10-22-15(2)13-16/h7-8,14-16,22H,3-6,9-13H2,1-2H3,(H,23,25)/t15-,16-/m0/s1. The largest absolute Gasteiger partial charge is 0.492 e. The second kappa shape index (κ2) is 9.22. The first-order chi connectivity index (χ1) is 13.1. The van der Waals surface area contributed by atoms with Gasteiger partial charge in [-0.1, -0.05) is 0 Å². The maximum absolute atomic E-state index is 12.8. The molecule has 0 aromatic heterocycles. The number of hydrogen-bond acceptors (Lipinski definition) is 4. The Labute approximate surface area is 161 Å². The van der Waals surface area contributed by atoms with Gasteiger partial charge in [0.2, 0.25) is 5.91 Å². The van der Waals surface area contributed by atoms with Gasteiger partial charge < -0.3 is 20.3 Å². The van der Waals surface area contributed by atoms with Crippen LogP contribution in [0.15, 0.2) is 18.2 Å². The Morgan fingerprint density at radius 2 is 2.04 bits per heavy atom. The summed E-state index contributed by atoms with van der Waals surface area (Å²) in [5.41, 5.74) is 1.20. The molecule has 0 spiro atoms. The number of carbonyl (C=O) groups excluding carboxylic acids is 2. The highest BCUT2D eigenvalue weighted by molar-refractivity contribution is 5.99. The molecule has 2 aliphatic rings. The summed E-state index contributed by atoms with van der Waals surface area (Å²) in [6, 6.07) is 5.70. The fourth-order valence-electron chi connectivity index (χ4n) is 3.93. The average molecular weight is 373 g/mol. The van der Waals surface area contributed by atoms with E-state index >= 15 is 0 Å². The van der Waals surface area contributed by atoms with E-state index in [1.165, 1.54) is 6.42 Å². The summed E-state index contributed by atoms with van der Waals surface area (Å²) in [7, 11) is 0. The quantitative estimate of drug-likeness (QED) is 0.832. The molecule has 6 heteroatoms. The molecule has 1 aromatic rings. The maximum Gasteiger partial charge on any atom is 0.253 e. The summed E-state index contributed by atoms with van der Waals surface area (Å²) in [4.78, 5) is 27.5. The Hall–Kier alpha value is -2.08. The molecule has 27 heavy (non-hydrogen) atoms. The second-order valence-corrected chi connectivity index (χ2v) is 7.56. The van der Waals surface area contributed by atoms with Gasteiger partial charge >= 0.3 is 0 Å². The highest BCUT2D eigenvalue weighted by Gasteiger charge is 2.26. The number of anilines is 1. The van der Waals surface area contributed by atoms with Crippen molar-refractivity contribution in [3.8, 4) is 5.75 Å². The molecule has 0 unspecified atom stereocenters. The van der Waals surface area contributed by atoms with Gasteiger partial charge in [0.1, 0.15) is 5.75 Å². The van der Waals surface area contributed by atoms with E-state index in [1.807, 2.05) is 11.8 Å². The number of benzene rings is 1. The minimum atomic E-state index is -0.0165. The first kappa shape index (κ1) is 19.7. The number of nitrogens with zero attached hydrogens (tertiary/aromatic N) is 1. The summed E-state index contributed by atoms with van der Waals surface area (Å²) in [5, 5.41) is 6.39. The van der Waals surface area contributed by atoms with Crippen molar-refractivity contribution in [1.29, 1.82) is 0 Å². The number of ether oxygens (including phenoxy) is 1. The highest BCUT2D eigenvalue weighted by Crippen LogP contribution is 2.29. The number of hydrogen-bond donors (Lipinski definition) is 2. The van der Waals surface area contributed by atoms with Gasteiger partial charge in [0.15, 0.2) is 0 Å². The smallest absolute Gasteiger partial charge is 0.253 e. The van der Waals surface area contributed by atoms with Crippen LogP contribution >= 0.6 is 0 Å². The number of piperidine rings is 2. The van der Waals surface area contributed by atoms with Crippen molar-refractivity contribution in [1.82, 2.24) is 10.2 Å².